The van der Waals surface area contributed by atoms with Gasteiger partial charge in [-0.2, -0.15) is 0 Å². The molecule has 0 atom stereocenters. The number of rotatable bonds is 3. The van der Waals surface area contributed by atoms with E-state index in [9.17, 15) is 0 Å². The van der Waals surface area contributed by atoms with Gasteiger partial charge in [-0.25, -0.2) is 0 Å². The summed E-state index contributed by atoms with van der Waals surface area (Å²) in [5.41, 5.74) is 7.63. The van der Waals surface area contributed by atoms with Crippen LogP contribution in [0.2, 0.25) is 0 Å². The van der Waals surface area contributed by atoms with Gasteiger partial charge in [0.1, 0.15) is 0 Å². The summed E-state index contributed by atoms with van der Waals surface area (Å²) in [4.78, 5) is 16.0. The Kier molecular flexibility index (Phi) is 7.51. The van der Waals surface area contributed by atoms with E-state index in [1.807, 2.05) is 70.6 Å². The molecule has 48 heavy (non-hydrogen) atoms. The van der Waals surface area contributed by atoms with E-state index in [-0.39, 0.29) is 0 Å². The zero-order valence-corrected chi connectivity index (χ0v) is 30.2. The first-order chi connectivity index (χ1) is 23.7. The van der Waals surface area contributed by atoms with Crippen molar-refractivity contribution in [2.24, 2.45) is 0 Å². The van der Waals surface area contributed by atoms with E-state index in [2.05, 4.69) is 146 Å². The van der Waals surface area contributed by atoms with Crippen molar-refractivity contribution in [1.29, 1.82) is 0 Å². The molecule has 6 heteroatoms. The molecule has 3 heterocycles. The largest absolute Gasteiger partial charge is 0.0877 e. The lowest BCUT2D eigenvalue weighted by Crippen LogP contribution is -1.96. The molecule has 0 bridgehead atoms. The second kappa shape index (κ2) is 12.2. The quantitative estimate of drug-likeness (QED) is 0.177. The third-order valence-corrected chi connectivity index (χ3v) is 16.5. The molecule has 0 aromatic heterocycles. The standard InChI is InChI=1S/C42H24S6/c1-4-16-34-31(13-1)43-37-19-7-10-28(40(37)46-34)25-22-26(29-11-8-20-38-41(29)47-35-17-5-2-14-32(35)44-38)24-27(23-25)30-12-9-21-39-42(30)48-36-18-6-3-15-33(36)45-39/h1-24H. The summed E-state index contributed by atoms with van der Waals surface area (Å²) in [6.45, 7) is 0. The van der Waals surface area contributed by atoms with Gasteiger partial charge in [-0.15, -0.1) is 0 Å². The van der Waals surface area contributed by atoms with E-state index in [1.54, 1.807) is 0 Å². The Morgan fingerprint density at radius 2 is 0.479 bits per heavy atom. The fourth-order valence-electron chi connectivity index (χ4n) is 6.42. The van der Waals surface area contributed by atoms with Gasteiger partial charge in [-0.1, -0.05) is 143 Å². The molecule has 0 radical (unpaired) electrons. The van der Waals surface area contributed by atoms with Crippen molar-refractivity contribution in [1.82, 2.24) is 0 Å². The molecule has 0 unspecified atom stereocenters. The molecule has 0 fully saturated rings. The molecule has 3 aliphatic heterocycles. The van der Waals surface area contributed by atoms with E-state index in [4.69, 9.17) is 0 Å². The van der Waals surface area contributed by atoms with Crippen LogP contribution in [-0.2, 0) is 0 Å². The highest BCUT2D eigenvalue weighted by Gasteiger charge is 2.25. The van der Waals surface area contributed by atoms with Gasteiger partial charge >= 0.3 is 0 Å². The third kappa shape index (κ3) is 5.17. The zero-order chi connectivity index (χ0) is 31.6. The normalized spacial score (nSPS) is 13.8. The minimum Gasteiger partial charge on any atom is -0.0877 e. The maximum absolute atomic E-state index is 2.43. The topological polar surface area (TPSA) is 0 Å². The highest BCUT2D eigenvalue weighted by atomic mass is 32.2. The average molecular weight is 721 g/mol. The summed E-state index contributed by atoms with van der Waals surface area (Å²) in [6, 6.07) is 54.0. The fourth-order valence-corrected chi connectivity index (χ4v) is 13.6. The first-order valence-electron chi connectivity index (χ1n) is 15.6. The predicted molar refractivity (Wildman–Crippen MR) is 207 cm³/mol. The highest BCUT2D eigenvalue weighted by molar-refractivity contribution is 8.06. The van der Waals surface area contributed by atoms with Crippen LogP contribution in [0.25, 0.3) is 33.4 Å². The van der Waals surface area contributed by atoms with Gasteiger partial charge in [-0.3, -0.25) is 0 Å². The maximum Gasteiger partial charge on any atom is 0.0340 e. The molecule has 228 valence electrons. The van der Waals surface area contributed by atoms with Crippen LogP contribution >= 0.6 is 70.6 Å². The maximum atomic E-state index is 2.43. The molecule has 10 rings (SSSR count). The van der Waals surface area contributed by atoms with Gasteiger partial charge in [0.05, 0.1) is 0 Å². The van der Waals surface area contributed by atoms with Crippen LogP contribution in [-0.4, -0.2) is 0 Å². The third-order valence-electron chi connectivity index (χ3n) is 8.65. The molecule has 3 aliphatic rings. The summed E-state index contributed by atoms with van der Waals surface area (Å²) in [7, 11) is 0. The molecule has 0 spiro atoms. The lowest BCUT2D eigenvalue weighted by atomic mass is 9.93. The smallest absolute Gasteiger partial charge is 0.0340 e. The summed E-state index contributed by atoms with van der Waals surface area (Å²) in [5, 5.41) is 0. The molecule has 7 aromatic carbocycles. The van der Waals surface area contributed by atoms with E-state index in [0.29, 0.717) is 0 Å². The first kappa shape index (κ1) is 29.5. The van der Waals surface area contributed by atoms with Gasteiger partial charge in [-0.05, 0) is 106 Å². The Morgan fingerprint density at radius 3 is 0.771 bits per heavy atom. The van der Waals surface area contributed by atoms with Crippen LogP contribution < -0.4 is 0 Å². The van der Waals surface area contributed by atoms with Gasteiger partial charge in [0.15, 0.2) is 0 Å². The molecule has 0 saturated carbocycles. The van der Waals surface area contributed by atoms with Gasteiger partial charge in [0.2, 0.25) is 0 Å². The molecule has 0 nitrogen and oxygen atoms in total. The zero-order valence-electron chi connectivity index (χ0n) is 25.3. The fraction of sp³-hybridized carbons (Fsp3) is 0. The van der Waals surface area contributed by atoms with E-state index in [1.165, 1.54) is 92.1 Å². The molecule has 0 aliphatic carbocycles. The van der Waals surface area contributed by atoms with Crippen LogP contribution in [0.15, 0.2) is 204 Å². The summed E-state index contributed by atoms with van der Waals surface area (Å²) >= 11 is 11.4. The van der Waals surface area contributed by atoms with Gasteiger partial charge < -0.3 is 0 Å². The summed E-state index contributed by atoms with van der Waals surface area (Å²) in [5.74, 6) is 0. The molecule has 0 amide bonds. The minimum atomic E-state index is 1.25. The Morgan fingerprint density at radius 1 is 0.229 bits per heavy atom. The van der Waals surface area contributed by atoms with Crippen LogP contribution in [0.4, 0.5) is 0 Å². The van der Waals surface area contributed by atoms with E-state index < -0.39 is 0 Å². The molecule has 0 N–H and O–H groups in total. The monoisotopic (exact) mass is 720 g/mol. The summed E-state index contributed by atoms with van der Waals surface area (Å²) in [6.07, 6.45) is 0. The second-order valence-electron chi connectivity index (χ2n) is 11.7. The van der Waals surface area contributed by atoms with Crippen LogP contribution in [0.5, 0.6) is 0 Å². The molecule has 7 aromatic rings. The van der Waals surface area contributed by atoms with E-state index >= 15 is 0 Å². The van der Waals surface area contributed by atoms with Crippen molar-refractivity contribution in [3.63, 3.8) is 0 Å². The Balaban J connectivity index is 1.17. The number of hydrogen-bond donors (Lipinski definition) is 0. The number of benzene rings is 7. The van der Waals surface area contributed by atoms with E-state index in [0.717, 1.165) is 0 Å². The van der Waals surface area contributed by atoms with Crippen molar-refractivity contribution >= 4 is 70.6 Å². The number of hydrogen-bond acceptors (Lipinski definition) is 6. The Hall–Kier alpha value is -3.36. The van der Waals surface area contributed by atoms with Crippen LogP contribution in [0.3, 0.4) is 0 Å². The minimum absolute atomic E-state index is 1.25. The second-order valence-corrected chi connectivity index (χ2v) is 18.1. The van der Waals surface area contributed by atoms with Crippen molar-refractivity contribution in [2.75, 3.05) is 0 Å². The molecule has 0 saturated heterocycles. The molecular formula is C42H24S6. The first-order valence-corrected chi connectivity index (χ1v) is 20.5. The van der Waals surface area contributed by atoms with Crippen molar-refractivity contribution < 1.29 is 0 Å². The van der Waals surface area contributed by atoms with Crippen LogP contribution in [0, 0.1) is 0 Å². The lowest BCUT2D eigenvalue weighted by Gasteiger charge is -2.24. The van der Waals surface area contributed by atoms with Crippen molar-refractivity contribution in [3.8, 4) is 33.4 Å². The van der Waals surface area contributed by atoms with Crippen LogP contribution in [0.1, 0.15) is 0 Å². The molecular weight excluding hydrogens is 697 g/mol. The van der Waals surface area contributed by atoms with Crippen molar-refractivity contribution in [2.45, 2.75) is 58.7 Å². The average Bonchev–Trinajstić information content (AvgIpc) is 3.14. The van der Waals surface area contributed by atoms with Gasteiger partial charge in [0.25, 0.3) is 0 Å². The Bertz CT molecular complexity index is 2150. The SMILES string of the molecule is c1ccc2c(c1)Sc1cccc(-c3cc(-c4cccc5c4Sc4ccccc4S5)cc(-c4cccc5c4Sc4ccccc4S5)c3)c1S2. The highest BCUT2D eigenvalue weighted by Crippen LogP contribution is 2.56. The van der Waals surface area contributed by atoms with Gasteiger partial charge in [0, 0.05) is 58.7 Å². The predicted octanol–water partition coefficient (Wildman–Crippen LogP) is 14.5. The summed E-state index contributed by atoms with van der Waals surface area (Å²) < 4.78 is 0. The lowest BCUT2D eigenvalue weighted by molar-refractivity contribution is 1.15. The van der Waals surface area contributed by atoms with Crippen molar-refractivity contribution in [3.05, 3.63) is 146 Å². The number of fused-ring (bicyclic) bond motifs is 6. The Labute approximate surface area is 305 Å².